The minimum atomic E-state index is -4.37. The van der Waals surface area contributed by atoms with Gasteiger partial charge in [-0.05, 0) is 51.4 Å². The summed E-state index contributed by atoms with van der Waals surface area (Å²) in [5.74, 6) is -0.265. The number of hydrogen-bond donors (Lipinski definition) is 4. The number of carbonyl (C=O) groups excluding carboxylic acids is 1. The average Bonchev–Trinajstić information content (AvgIpc) is 3.08. The predicted molar refractivity (Wildman–Crippen MR) is 218 cm³/mol. The zero-order valence-electron chi connectivity index (χ0n) is 33.4. The highest BCUT2D eigenvalue weighted by atomic mass is 31.2. The first-order chi connectivity index (χ1) is 24.9. The van der Waals surface area contributed by atoms with E-state index >= 15 is 0 Å². The summed E-state index contributed by atoms with van der Waals surface area (Å²) < 4.78 is 23.4. The van der Waals surface area contributed by atoms with Gasteiger partial charge in [-0.2, -0.15) is 0 Å². The van der Waals surface area contributed by atoms with Gasteiger partial charge in [0.1, 0.15) is 13.2 Å². The first kappa shape index (κ1) is 49.9. The molecule has 0 heterocycles. The van der Waals surface area contributed by atoms with Crippen molar-refractivity contribution in [2.45, 2.75) is 148 Å². The molecule has 0 saturated heterocycles. The molecule has 0 bridgehead atoms. The molecule has 0 aromatic heterocycles. The molecule has 0 saturated carbocycles. The van der Waals surface area contributed by atoms with Crippen molar-refractivity contribution in [1.29, 1.82) is 0 Å². The van der Waals surface area contributed by atoms with Crippen molar-refractivity contribution in [1.82, 2.24) is 5.32 Å². The summed E-state index contributed by atoms with van der Waals surface area (Å²) >= 11 is 0. The van der Waals surface area contributed by atoms with Crippen LogP contribution in [0.25, 0.3) is 0 Å². The number of quaternary nitrogens is 1. The fourth-order valence-corrected chi connectivity index (χ4v) is 5.78. The van der Waals surface area contributed by atoms with Crippen LogP contribution in [0.4, 0.5) is 0 Å². The second kappa shape index (κ2) is 33.5. The van der Waals surface area contributed by atoms with E-state index in [1.165, 1.54) is 51.4 Å². The third-order valence-electron chi connectivity index (χ3n) is 8.26. The molecule has 0 aliphatic heterocycles. The number of carbonyl (C=O) groups is 1. The predicted octanol–water partition coefficient (Wildman–Crippen LogP) is 9.43. The third kappa shape index (κ3) is 35.0. The highest BCUT2D eigenvalue weighted by Gasteiger charge is 2.27. The molecular formula is C42H76N2O7P+. The summed E-state index contributed by atoms with van der Waals surface area (Å²) in [7, 11) is 1.48. The van der Waals surface area contributed by atoms with Gasteiger partial charge in [-0.1, -0.05) is 145 Å². The lowest BCUT2D eigenvalue weighted by Crippen LogP contribution is -2.45. The van der Waals surface area contributed by atoms with Crippen LogP contribution in [0, 0.1) is 0 Å². The van der Waals surface area contributed by atoms with Gasteiger partial charge in [0.25, 0.3) is 0 Å². The maximum Gasteiger partial charge on any atom is 0.472 e. The summed E-state index contributed by atoms with van der Waals surface area (Å²) in [4.78, 5) is 23.0. The van der Waals surface area contributed by atoms with Crippen LogP contribution in [-0.4, -0.2) is 84.6 Å². The zero-order chi connectivity index (χ0) is 38.8. The van der Waals surface area contributed by atoms with Crippen molar-refractivity contribution in [3.8, 4) is 0 Å². The van der Waals surface area contributed by atoms with Crippen LogP contribution in [0.5, 0.6) is 0 Å². The molecule has 9 nitrogen and oxygen atoms in total. The average molecular weight is 752 g/mol. The molecule has 0 aliphatic carbocycles. The molecule has 0 rings (SSSR count). The fraction of sp³-hybridized carbons (Fsp3) is 0.690. The van der Waals surface area contributed by atoms with E-state index in [2.05, 4.69) is 37.4 Å². The molecule has 10 heteroatoms. The third-order valence-corrected chi connectivity index (χ3v) is 9.25. The van der Waals surface area contributed by atoms with Gasteiger partial charge < -0.3 is 24.9 Å². The number of unbranched alkanes of at least 4 members (excludes halogenated alkanes) is 11. The van der Waals surface area contributed by atoms with Crippen molar-refractivity contribution in [3.63, 3.8) is 0 Å². The Morgan fingerprint density at radius 3 is 2.02 bits per heavy atom. The second-order valence-electron chi connectivity index (χ2n) is 14.5. The molecule has 0 fully saturated rings. The van der Waals surface area contributed by atoms with E-state index < -0.39 is 26.1 Å². The Bertz CT molecular complexity index is 1090. The highest BCUT2D eigenvalue weighted by molar-refractivity contribution is 7.47. The molecular weight excluding hydrogens is 675 g/mol. The standard InChI is InChI=1S/C42H75N2O7P/c1-6-8-10-12-14-15-16-17-18-22-26-30-34-41(46)40(38-51-52(48,49)50-37-36-44(3,4)5)43-42(47)35-31-27-23-20-19-21-25-29-33-39(45)32-28-24-13-11-9-7-2/h9,11,20-21,23-25,28-30,33-34,39-41,45-46H,6-8,10,12-19,22,26-27,31-32,35-38H2,1-5H3,(H-,43,47,48,49)/p+1/b11-9-,23-20-,25-21-,28-24-,33-29+,34-30+/t39?,40-,41+/m0/s1. The molecule has 300 valence electrons. The van der Waals surface area contributed by atoms with E-state index in [0.29, 0.717) is 30.3 Å². The smallest absolute Gasteiger partial charge is 0.389 e. The fourth-order valence-electron chi connectivity index (χ4n) is 5.04. The van der Waals surface area contributed by atoms with Gasteiger partial charge in [0.2, 0.25) is 5.91 Å². The van der Waals surface area contributed by atoms with Crippen molar-refractivity contribution < 1.29 is 38.0 Å². The van der Waals surface area contributed by atoms with Gasteiger partial charge in [0.15, 0.2) is 0 Å². The Hall–Kier alpha value is -2.10. The second-order valence-corrected chi connectivity index (χ2v) is 15.9. The van der Waals surface area contributed by atoms with E-state index in [1.807, 2.05) is 63.7 Å². The summed E-state index contributed by atoms with van der Waals surface area (Å²) in [5, 5.41) is 23.7. The normalized spacial score (nSPS) is 15.9. The molecule has 0 aromatic rings. The Kier molecular flexibility index (Phi) is 32.1. The van der Waals surface area contributed by atoms with E-state index in [0.717, 1.165) is 38.5 Å². The summed E-state index contributed by atoms with van der Waals surface area (Å²) in [6, 6.07) is -0.898. The first-order valence-electron chi connectivity index (χ1n) is 19.9. The molecule has 2 unspecified atom stereocenters. The molecule has 0 aromatic carbocycles. The van der Waals surface area contributed by atoms with Crippen LogP contribution >= 0.6 is 7.82 Å². The largest absolute Gasteiger partial charge is 0.472 e. The molecule has 0 radical (unpaired) electrons. The van der Waals surface area contributed by atoms with Crippen molar-refractivity contribution in [2.24, 2.45) is 0 Å². The lowest BCUT2D eigenvalue weighted by atomic mass is 10.1. The Labute approximate surface area is 317 Å². The van der Waals surface area contributed by atoms with E-state index in [-0.39, 0.29) is 25.5 Å². The number of hydrogen-bond acceptors (Lipinski definition) is 6. The monoisotopic (exact) mass is 752 g/mol. The number of phosphoric acid groups is 1. The zero-order valence-corrected chi connectivity index (χ0v) is 34.3. The number of nitrogens with one attached hydrogen (secondary N) is 1. The summed E-state index contributed by atoms with van der Waals surface area (Å²) in [6.07, 6.45) is 40.0. The first-order valence-corrected chi connectivity index (χ1v) is 21.4. The van der Waals surface area contributed by atoms with Crippen molar-refractivity contribution in [3.05, 3.63) is 72.9 Å². The minimum absolute atomic E-state index is 0.0359. The van der Waals surface area contributed by atoms with Gasteiger partial charge in [-0.3, -0.25) is 13.8 Å². The van der Waals surface area contributed by atoms with E-state index in [4.69, 9.17) is 9.05 Å². The Balaban J connectivity index is 4.70. The van der Waals surface area contributed by atoms with Crippen molar-refractivity contribution >= 4 is 13.7 Å². The van der Waals surface area contributed by atoms with E-state index in [1.54, 1.807) is 12.2 Å². The topological polar surface area (TPSA) is 125 Å². The SMILES string of the molecule is CC/C=C\C/C=C\CC(O)/C=C/C=C\C/C=C\CCCC(=O)N[C@@H](COP(=O)(O)OCC[N+](C)(C)C)[C@H](O)/C=C/CCCCCCCCCCCC. The van der Waals surface area contributed by atoms with Crippen LogP contribution in [0.3, 0.4) is 0 Å². The number of aliphatic hydroxyl groups is 2. The number of nitrogens with zero attached hydrogens (tertiary/aromatic N) is 1. The molecule has 4 N–H and O–H groups in total. The van der Waals surface area contributed by atoms with Gasteiger partial charge in [0, 0.05) is 6.42 Å². The van der Waals surface area contributed by atoms with E-state index in [9.17, 15) is 24.5 Å². The van der Waals surface area contributed by atoms with Gasteiger partial charge in [-0.25, -0.2) is 4.57 Å². The molecule has 52 heavy (non-hydrogen) atoms. The molecule has 1 amide bonds. The summed E-state index contributed by atoms with van der Waals surface area (Å²) in [5.41, 5.74) is 0. The highest BCUT2D eigenvalue weighted by Crippen LogP contribution is 2.43. The van der Waals surface area contributed by atoms with Crippen LogP contribution in [0.15, 0.2) is 72.9 Å². The molecule has 4 atom stereocenters. The minimum Gasteiger partial charge on any atom is -0.389 e. The number of likely N-dealkylation sites (N-methyl/N-ethyl adjacent to an activating group) is 1. The quantitative estimate of drug-likeness (QED) is 0.0170. The Morgan fingerprint density at radius 1 is 0.731 bits per heavy atom. The molecule has 0 spiro atoms. The number of allylic oxidation sites excluding steroid dienone is 9. The van der Waals surface area contributed by atoms with Crippen LogP contribution in [-0.2, 0) is 18.4 Å². The number of amides is 1. The maximum absolute atomic E-state index is 12.8. The van der Waals surface area contributed by atoms with Crippen LogP contribution in [0.2, 0.25) is 0 Å². The Morgan fingerprint density at radius 2 is 1.35 bits per heavy atom. The van der Waals surface area contributed by atoms with Gasteiger partial charge in [-0.15, -0.1) is 0 Å². The molecule has 0 aliphatic rings. The van der Waals surface area contributed by atoms with Crippen LogP contribution in [0.1, 0.15) is 129 Å². The maximum atomic E-state index is 12.8. The number of aliphatic hydroxyl groups excluding tert-OH is 2. The van der Waals surface area contributed by atoms with Crippen molar-refractivity contribution in [2.75, 3.05) is 40.9 Å². The van der Waals surface area contributed by atoms with Crippen LogP contribution < -0.4 is 5.32 Å². The van der Waals surface area contributed by atoms with Gasteiger partial charge in [0.05, 0.1) is 46.0 Å². The van der Waals surface area contributed by atoms with Gasteiger partial charge >= 0.3 is 7.82 Å². The number of rotatable bonds is 34. The summed E-state index contributed by atoms with van der Waals surface area (Å²) in [6.45, 7) is 4.53. The number of phosphoric ester groups is 1. The lowest BCUT2D eigenvalue weighted by molar-refractivity contribution is -0.870. The lowest BCUT2D eigenvalue weighted by Gasteiger charge is -2.25.